The number of rotatable bonds is 4. The molecule has 16 heavy (non-hydrogen) atoms. The van der Waals surface area contributed by atoms with Gasteiger partial charge in [0.05, 0.1) is 18.2 Å². The van der Waals surface area contributed by atoms with Crippen LogP contribution in [0, 0.1) is 5.82 Å². The van der Waals surface area contributed by atoms with E-state index in [1.807, 2.05) is 6.92 Å². The van der Waals surface area contributed by atoms with E-state index in [9.17, 15) is 9.18 Å². The molecule has 0 heterocycles. The number of nitrogens with one attached hydrogen (secondary N) is 1. The summed E-state index contributed by atoms with van der Waals surface area (Å²) in [7, 11) is 0. The summed E-state index contributed by atoms with van der Waals surface area (Å²) in [6.45, 7) is 1.72. The zero-order chi connectivity index (χ0) is 12.1. The molecule has 88 valence electrons. The Morgan fingerprint density at radius 1 is 1.62 bits per heavy atom. The number of hydrogen-bond donors (Lipinski definition) is 2. The van der Waals surface area contributed by atoms with E-state index in [-0.39, 0.29) is 18.2 Å². The Morgan fingerprint density at radius 2 is 2.31 bits per heavy atom. The van der Waals surface area contributed by atoms with Crippen LogP contribution >= 0.6 is 15.9 Å². The predicted molar refractivity (Wildman–Crippen MR) is 62.7 cm³/mol. The molecule has 0 aliphatic rings. The van der Waals surface area contributed by atoms with Gasteiger partial charge in [-0.25, -0.2) is 4.39 Å². The van der Waals surface area contributed by atoms with Gasteiger partial charge in [0.25, 0.3) is 5.91 Å². The largest absolute Gasteiger partial charge is 0.394 e. The van der Waals surface area contributed by atoms with E-state index in [1.165, 1.54) is 12.1 Å². The highest BCUT2D eigenvalue weighted by molar-refractivity contribution is 9.10. The molecule has 0 aliphatic carbocycles. The van der Waals surface area contributed by atoms with Crippen molar-refractivity contribution in [2.24, 2.45) is 0 Å². The molecule has 1 aromatic rings. The van der Waals surface area contributed by atoms with Gasteiger partial charge in [-0.2, -0.15) is 0 Å². The van der Waals surface area contributed by atoms with Crippen LogP contribution in [0.1, 0.15) is 23.7 Å². The zero-order valence-corrected chi connectivity index (χ0v) is 10.4. The van der Waals surface area contributed by atoms with Gasteiger partial charge >= 0.3 is 0 Å². The van der Waals surface area contributed by atoms with Crippen molar-refractivity contribution in [3.63, 3.8) is 0 Å². The second-order valence-corrected chi connectivity index (χ2v) is 4.24. The quantitative estimate of drug-likeness (QED) is 0.892. The van der Waals surface area contributed by atoms with Crippen molar-refractivity contribution >= 4 is 21.8 Å². The number of aliphatic hydroxyl groups is 1. The Labute approximate surface area is 102 Å². The van der Waals surface area contributed by atoms with E-state index in [2.05, 4.69) is 21.2 Å². The van der Waals surface area contributed by atoms with E-state index in [1.54, 1.807) is 0 Å². The highest BCUT2D eigenvalue weighted by atomic mass is 79.9. The monoisotopic (exact) mass is 289 g/mol. The molecule has 5 heteroatoms. The molecular weight excluding hydrogens is 277 g/mol. The fourth-order valence-corrected chi connectivity index (χ4v) is 1.64. The van der Waals surface area contributed by atoms with Gasteiger partial charge in [0.15, 0.2) is 0 Å². The molecular formula is C11H13BrFNO2. The van der Waals surface area contributed by atoms with Crippen molar-refractivity contribution in [2.45, 2.75) is 19.4 Å². The summed E-state index contributed by atoms with van der Waals surface area (Å²) in [6, 6.07) is 3.60. The molecule has 0 spiro atoms. The third kappa shape index (κ3) is 3.28. The van der Waals surface area contributed by atoms with Gasteiger partial charge in [0, 0.05) is 4.47 Å². The summed E-state index contributed by atoms with van der Waals surface area (Å²) >= 11 is 3.17. The average molecular weight is 290 g/mol. The van der Waals surface area contributed by atoms with E-state index in [4.69, 9.17) is 5.11 Å². The van der Waals surface area contributed by atoms with Gasteiger partial charge in [-0.15, -0.1) is 0 Å². The minimum atomic E-state index is -0.467. The summed E-state index contributed by atoms with van der Waals surface area (Å²) in [4.78, 5) is 11.7. The van der Waals surface area contributed by atoms with Crippen LogP contribution in [0.5, 0.6) is 0 Å². The van der Waals surface area contributed by atoms with Crippen molar-refractivity contribution < 1.29 is 14.3 Å². The highest BCUT2D eigenvalue weighted by Crippen LogP contribution is 2.17. The van der Waals surface area contributed by atoms with Crippen molar-refractivity contribution in [3.8, 4) is 0 Å². The zero-order valence-electron chi connectivity index (χ0n) is 8.84. The van der Waals surface area contributed by atoms with Crippen LogP contribution in [-0.2, 0) is 0 Å². The predicted octanol–water partition coefficient (Wildman–Crippen LogP) is 2.09. The van der Waals surface area contributed by atoms with Crippen LogP contribution in [0.15, 0.2) is 22.7 Å². The normalized spacial score (nSPS) is 12.2. The lowest BCUT2D eigenvalue weighted by atomic mass is 10.1. The summed E-state index contributed by atoms with van der Waals surface area (Å²) in [5, 5.41) is 11.6. The molecule has 0 aromatic heterocycles. The van der Waals surface area contributed by atoms with Crippen LogP contribution in [0.3, 0.4) is 0 Å². The molecule has 1 amide bonds. The fraction of sp³-hybridized carbons (Fsp3) is 0.364. The maximum absolute atomic E-state index is 13.0. The topological polar surface area (TPSA) is 49.3 Å². The van der Waals surface area contributed by atoms with Gasteiger partial charge in [-0.3, -0.25) is 4.79 Å². The summed E-state index contributed by atoms with van der Waals surface area (Å²) in [6.07, 6.45) is 0.620. The molecule has 1 rings (SSSR count). The first-order chi connectivity index (χ1) is 7.58. The van der Waals surface area contributed by atoms with Crippen LogP contribution in [0.25, 0.3) is 0 Å². The molecule has 0 bridgehead atoms. The van der Waals surface area contributed by atoms with Crippen molar-refractivity contribution in [1.82, 2.24) is 5.32 Å². The van der Waals surface area contributed by atoms with Gasteiger partial charge in [0.2, 0.25) is 0 Å². The SMILES string of the molecule is CCC(CO)NC(=O)c1cc(F)ccc1Br. The number of amides is 1. The minimum Gasteiger partial charge on any atom is -0.394 e. The maximum atomic E-state index is 13.0. The molecule has 1 unspecified atom stereocenters. The molecule has 1 atom stereocenters. The molecule has 1 aromatic carbocycles. The Hall–Kier alpha value is -0.940. The molecule has 0 saturated carbocycles. The number of hydrogen-bond acceptors (Lipinski definition) is 2. The molecule has 3 nitrogen and oxygen atoms in total. The summed E-state index contributed by atoms with van der Waals surface area (Å²) in [5.74, 6) is -0.863. The Kier molecular flexibility index (Phi) is 4.89. The summed E-state index contributed by atoms with van der Waals surface area (Å²) in [5.41, 5.74) is 0.229. The van der Waals surface area contributed by atoms with Crippen molar-refractivity contribution in [3.05, 3.63) is 34.1 Å². The third-order valence-electron chi connectivity index (χ3n) is 2.22. The second kappa shape index (κ2) is 5.96. The third-order valence-corrected chi connectivity index (χ3v) is 2.91. The first-order valence-electron chi connectivity index (χ1n) is 4.95. The first kappa shape index (κ1) is 13.1. The van der Waals surface area contributed by atoms with Gasteiger partial charge in [-0.05, 0) is 40.5 Å². The number of halogens is 2. The van der Waals surface area contributed by atoms with E-state index < -0.39 is 11.7 Å². The second-order valence-electron chi connectivity index (χ2n) is 3.39. The lowest BCUT2D eigenvalue weighted by Gasteiger charge is -2.14. The molecule has 0 radical (unpaired) electrons. The Balaban J connectivity index is 2.83. The molecule has 2 N–H and O–H groups in total. The lowest BCUT2D eigenvalue weighted by Crippen LogP contribution is -2.37. The van der Waals surface area contributed by atoms with Gasteiger partial charge < -0.3 is 10.4 Å². The van der Waals surface area contributed by atoms with E-state index >= 15 is 0 Å². The van der Waals surface area contributed by atoms with Crippen LogP contribution in [0.2, 0.25) is 0 Å². The van der Waals surface area contributed by atoms with Crippen molar-refractivity contribution in [2.75, 3.05) is 6.61 Å². The minimum absolute atomic E-state index is 0.130. The highest BCUT2D eigenvalue weighted by Gasteiger charge is 2.14. The first-order valence-corrected chi connectivity index (χ1v) is 5.74. The molecule has 0 aliphatic heterocycles. The van der Waals surface area contributed by atoms with Crippen molar-refractivity contribution in [1.29, 1.82) is 0 Å². The van der Waals surface area contributed by atoms with Gasteiger partial charge in [-0.1, -0.05) is 6.92 Å². The lowest BCUT2D eigenvalue weighted by molar-refractivity contribution is 0.0913. The van der Waals surface area contributed by atoms with Gasteiger partial charge in [0.1, 0.15) is 5.82 Å². The average Bonchev–Trinajstić information content (AvgIpc) is 2.28. The number of aliphatic hydroxyl groups excluding tert-OH is 1. The number of carbonyl (C=O) groups excluding carboxylic acids is 1. The Bertz CT molecular complexity index is 380. The number of carbonyl (C=O) groups is 1. The molecule has 0 fully saturated rings. The van der Waals surface area contributed by atoms with E-state index in [0.29, 0.717) is 10.9 Å². The fourth-order valence-electron chi connectivity index (χ4n) is 1.21. The smallest absolute Gasteiger partial charge is 0.252 e. The summed E-state index contributed by atoms with van der Waals surface area (Å²) < 4.78 is 13.5. The molecule has 0 saturated heterocycles. The van der Waals surface area contributed by atoms with Crippen LogP contribution in [0.4, 0.5) is 4.39 Å². The number of benzene rings is 1. The van der Waals surface area contributed by atoms with Crippen LogP contribution in [-0.4, -0.2) is 23.7 Å². The van der Waals surface area contributed by atoms with E-state index in [0.717, 1.165) is 6.07 Å². The van der Waals surface area contributed by atoms with Crippen LogP contribution < -0.4 is 5.32 Å². The standard InChI is InChI=1S/C11H13BrFNO2/c1-2-8(6-15)14-11(16)9-5-7(13)3-4-10(9)12/h3-5,8,15H,2,6H2,1H3,(H,14,16). The Morgan fingerprint density at radius 3 is 2.88 bits per heavy atom. The maximum Gasteiger partial charge on any atom is 0.252 e.